The molecular formula is C31H33ClO8S2. The van der Waals surface area contributed by atoms with Crippen molar-refractivity contribution in [2.45, 2.75) is 46.5 Å². The van der Waals surface area contributed by atoms with Gasteiger partial charge in [-0.25, -0.2) is 0 Å². The lowest BCUT2D eigenvalue weighted by molar-refractivity contribution is -0.141. The maximum atomic E-state index is 12.6. The average Bonchev–Trinajstić information content (AvgIpc) is 3.56. The number of benzene rings is 2. The number of carboxylic acids is 1. The summed E-state index contributed by atoms with van der Waals surface area (Å²) >= 11 is 9.40. The number of carboxylic acid groups (broad SMARTS) is 1. The van der Waals surface area contributed by atoms with E-state index in [0.29, 0.717) is 52.3 Å². The summed E-state index contributed by atoms with van der Waals surface area (Å²) in [6.07, 6.45) is 1.87. The summed E-state index contributed by atoms with van der Waals surface area (Å²) in [7, 11) is 1.58. The fourth-order valence-corrected chi connectivity index (χ4v) is 6.81. The zero-order valence-corrected chi connectivity index (χ0v) is 26.2. The molecular weight excluding hydrogens is 600 g/mol. The Morgan fingerprint density at radius 2 is 1.69 bits per heavy atom. The van der Waals surface area contributed by atoms with Gasteiger partial charge in [-0.1, -0.05) is 25.4 Å². The first-order valence-corrected chi connectivity index (χ1v) is 15.6. The minimum atomic E-state index is -0.792. The van der Waals surface area contributed by atoms with E-state index in [2.05, 4.69) is 6.07 Å². The number of rotatable bonds is 15. The zero-order valence-electron chi connectivity index (χ0n) is 23.8. The SMILES string of the molecule is COc1cc2sc(CC[C@H](C)C(=O)O)cc2cc1OCCCOc1c(O)cc2sc(C(=O)C[C@H](C)C(C)=O)cc2c1Cl. The molecule has 0 amide bonds. The Bertz CT molecular complexity index is 1620. The Hall–Kier alpha value is -3.34. The summed E-state index contributed by atoms with van der Waals surface area (Å²) < 4.78 is 19.0. The third-order valence-electron chi connectivity index (χ3n) is 7.05. The Morgan fingerprint density at radius 3 is 2.38 bits per heavy atom. The number of thiophene rings is 2. The van der Waals surface area contributed by atoms with Gasteiger partial charge in [0.25, 0.3) is 0 Å². The monoisotopic (exact) mass is 632 g/mol. The lowest BCUT2D eigenvalue weighted by Crippen LogP contribution is -2.11. The Morgan fingerprint density at radius 1 is 0.952 bits per heavy atom. The molecule has 0 spiro atoms. The smallest absolute Gasteiger partial charge is 0.306 e. The van der Waals surface area contributed by atoms with Gasteiger partial charge in [0, 0.05) is 50.6 Å². The number of carbonyl (C=O) groups is 3. The van der Waals surface area contributed by atoms with Crippen molar-refractivity contribution in [2.75, 3.05) is 20.3 Å². The lowest BCUT2D eigenvalue weighted by Gasteiger charge is -2.13. The number of aromatic hydroxyl groups is 1. The van der Waals surface area contributed by atoms with Crippen molar-refractivity contribution in [1.82, 2.24) is 0 Å². The van der Waals surface area contributed by atoms with Gasteiger partial charge < -0.3 is 24.4 Å². The second-order valence-electron chi connectivity index (χ2n) is 10.3. The molecule has 2 aromatic carbocycles. The highest BCUT2D eigenvalue weighted by Gasteiger charge is 2.21. The van der Waals surface area contributed by atoms with Gasteiger partial charge in [0.15, 0.2) is 28.8 Å². The number of carbonyl (C=O) groups excluding carboxylic acids is 2. The molecule has 2 aromatic heterocycles. The van der Waals surface area contributed by atoms with Gasteiger partial charge in [-0.3, -0.25) is 14.4 Å². The third-order valence-corrected chi connectivity index (χ3v) is 9.71. The lowest BCUT2D eigenvalue weighted by atomic mass is 10.00. The van der Waals surface area contributed by atoms with Gasteiger partial charge in [-0.05, 0) is 43.4 Å². The number of methoxy groups -OCH3 is 1. The van der Waals surface area contributed by atoms with Gasteiger partial charge in [0.2, 0.25) is 0 Å². The number of fused-ring (bicyclic) bond motifs is 2. The number of Topliss-reactive ketones (excluding diaryl/α,β-unsaturated/α-hetero) is 2. The van der Waals surface area contributed by atoms with Gasteiger partial charge in [-0.15, -0.1) is 22.7 Å². The van der Waals surface area contributed by atoms with Crippen LogP contribution in [0, 0.1) is 11.8 Å². The van der Waals surface area contributed by atoms with E-state index in [-0.39, 0.29) is 47.0 Å². The van der Waals surface area contributed by atoms with Crippen molar-refractivity contribution in [1.29, 1.82) is 0 Å². The maximum absolute atomic E-state index is 12.6. The quantitative estimate of drug-likeness (QED) is 0.101. The molecule has 4 aromatic rings. The van der Waals surface area contributed by atoms with E-state index in [1.807, 2.05) is 12.1 Å². The van der Waals surface area contributed by atoms with Crippen LogP contribution < -0.4 is 14.2 Å². The predicted octanol–water partition coefficient (Wildman–Crippen LogP) is 7.78. The molecule has 0 unspecified atom stereocenters. The largest absolute Gasteiger partial charge is 0.504 e. The van der Waals surface area contributed by atoms with E-state index in [4.69, 9.17) is 30.9 Å². The number of hydrogen-bond acceptors (Lipinski definition) is 9. The van der Waals surface area contributed by atoms with Crippen molar-refractivity contribution in [2.24, 2.45) is 11.8 Å². The minimum Gasteiger partial charge on any atom is -0.504 e. The predicted molar refractivity (Wildman–Crippen MR) is 166 cm³/mol. The summed E-state index contributed by atoms with van der Waals surface area (Å²) in [6, 6.07) is 9.10. The molecule has 0 saturated heterocycles. The van der Waals surface area contributed by atoms with Crippen molar-refractivity contribution in [3.63, 3.8) is 0 Å². The van der Waals surface area contributed by atoms with Crippen molar-refractivity contribution in [3.8, 4) is 23.0 Å². The molecule has 224 valence electrons. The Labute approximate surface area is 256 Å². The molecule has 8 nitrogen and oxygen atoms in total. The molecule has 2 atom stereocenters. The van der Waals surface area contributed by atoms with Crippen LogP contribution in [0.5, 0.6) is 23.0 Å². The van der Waals surface area contributed by atoms with Crippen LogP contribution in [-0.4, -0.2) is 48.1 Å². The first-order chi connectivity index (χ1) is 20.0. The molecule has 0 saturated carbocycles. The molecule has 11 heteroatoms. The molecule has 0 radical (unpaired) electrons. The fraction of sp³-hybridized carbons (Fsp3) is 0.387. The standard InChI is InChI=1S/C31H33ClO8S2/c1-16(31(36)37)6-7-20-11-19-12-25(24(38-4)15-26(19)41-20)39-8-5-9-40-30-23(35)14-27-21(29(30)32)13-28(42-27)22(34)10-17(2)18(3)33/h11-17,35H,5-10H2,1-4H3,(H,36,37)/t16-,17-/m0/s1. The third kappa shape index (κ3) is 7.35. The first-order valence-electron chi connectivity index (χ1n) is 13.6. The molecule has 42 heavy (non-hydrogen) atoms. The van der Waals surface area contributed by atoms with E-state index >= 15 is 0 Å². The summed E-state index contributed by atoms with van der Waals surface area (Å²) in [5.41, 5.74) is 0. The van der Waals surface area contributed by atoms with Crippen LogP contribution in [0.25, 0.3) is 20.2 Å². The molecule has 2 N–H and O–H groups in total. The molecule has 0 aliphatic heterocycles. The van der Waals surface area contributed by atoms with E-state index in [9.17, 15) is 19.5 Å². The van der Waals surface area contributed by atoms with Crippen LogP contribution >= 0.6 is 34.3 Å². The minimum absolute atomic E-state index is 0.0425. The summed E-state index contributed by atoms with van der Waals surface area (Å²) in [5.74, 6) is -0.536. The van der Waals surface area contributed by atoms with E-state index in [1.165, 1.54) is 24.3 Å². The number of ether oxygens (including phenoxy) is 3. The van der Waals surface area contributed by atoms with Crippen LogP contribution in [0.15, 0.2) is 30.3 Å². The zero-order chi connectivity index (χ0) is 30.6. The van der Waals surface area contributed by atoms with E-state index in [1.54, 1.807) is 38.4 Å². The number of aryl methyl sites for hydroxylation is 1. The number of hydrogen-bond donors (Lipinski definition) is 2. The highest BCUT2D eigenvalue weighted by atomic mass is 35.5. The molecule has 2 heterocycles. The second-order valence-corrected chi connectivity index (χ2v) is 12.9. The highest BCUT2D eigenvalue weighted by molar-refractivity contribution is 7.21. The molecule has 0 fully saturated rings. The summed E-state index contributed by atoms with van der Waals surface area (Å²) in [6.45, 7) is 5.45. The molecule has 0 aliphatic rings. The van der Waals surface area contributed by atoms with Crippen LogP contribution in [0.1, 0.15) is 54.6 Å². The van der Waals surface area contributed by atoms with Crippen molar-refractivity contribution in [3.05, 3.63) is 45.1 Å². The van der Waals surface area contributed by atoms with Gasteiger partial charge in [0.05, 0.1) is 36.1 Å². The molecule has 0 aliphatic carbocycles. The van der Waals surface area contributed by atoms with Crippen LogP contribution in [0.3, 0.4) is 0 Å². The van der Waals surface area contributed by atoms with Crippen LogP contribution in [-0.2, 0) is 16.0 Å². The van der Waals surface area contributed by atoms with Crippen molar-refractivity contribution >= 4 is 72.0 Å². The fourth-order valence-electron chi connectivity index (χ4n) is 4.30. The van der Waals surface area contributed by atoms with Gasteiger partial charge >= 0.3 is 5.97 Å². The number of ketones is 2. The number of halogens is 1. The average molecular weight is 633 g/mol. The first kappa shape index (κ1) is 31.6. The van der Waals surface area contributed by atoms with E-state index < -0.39 is 11.9 Å². The summed E-state index contributed by atoms with van der Waals surface area (Å²) in [5, 5.41) is 21.5. The molecule has 4 rings (SSSR count). The van der Waals surface area contributed by atoms with Crippen LogP contribution in [0.2, 0.25) is 5.02 Å². The topological polar surface area (TPSA) is 119 Å². The maximum Gasteiger partial charge on any atom is 0.306 e. The normalized spacial score (nSPS) is 12.8. The Kier molecular flexibility index (Phi) is 10.3. The van der Waals surface area contributed by atoms with E-state index in [0.717, 1.165) is 15.0 Å². The number of phenolic OH excluding ortho intramolecular Hbond substituents is 1. The van der Waals surface area contributed by atoms with Crippen LogP contribution in [0.4, 0.5) is 0 Å². The Balaban J connectivity index is 1.36. The highest BCUT2D eigenvalue weighted by Crippen LogP contribution is 2.44. The number of aliphatic carboxylic acids is 1. The van der Waals surface area contributed by atoms with Crippen molar-refractivity contribution < 1.29 is 38.8 Å². The summed E-state index contributed by atoms with van der Waals surface area (Å²) in [4.78, 5) is 36.9. The number of phenols is 1. The second kappa shape index (κ2) is 13.8. The van der Waals surface area contributed by atoms with Gasteiger partial charge in [0.1, 0.15) is 5.78 Å². The van der Waals surface area contributed by atoms with Gasteiger partial charge in [-0.2, -0.15) is 0 Å². The molecule has 0 bridgehead atoms.